The number of fused-ring (bicyclic) bond motifs is 1. The first-order valence-corrected chi connectivity index (χ1v) is 9.80. The Kier molecular flexibility index (Phi) is 5.29. The van der Waals surface area contributed by atoms with Crippen molar-refractivity contribution in [2.45, 2.75) is 26.8 Å². The van der Waals surface area contributed by atoms with Gasteiger partial charge in [-0.3, -0.25) is 9.59 Å². The van der Waals surface area contributed by atoms with Crippen LogP contribution in [0.4, 0.5) is 5.69 Å². The number of methoxy groups -OCH3 is 1. The lowest BCUT2D eigenvalue weighted by Gasteiger charge is -2.16. The monoisotopic (exact) mass is 418 g/mol. The number of hydrogen-bond acceptors (Lipinski definition) is 6. The number of para-hydroxylation sites is 1. The lowest BCUT2D eigenvalue weighted by molar-refractivity contribution is -0.119. The molecule has 2 aromatic heterocycles. The molecule has 4 rings (SSSR count). The van der Waals surface area contributed by atoms with Crippen LogP contribution in [0.1, 0.15) is 24.3 Å². The number of nitrogens with zero attached hydrogens (tertiary/aromatic N) is 3. The molecule has 0 saturated heterocycles. The highest BCUT2D eigenvalue weighted by Crippen LogP contribution is 2.29. The number of hydrogen-bond donors (Lipinski definition) is 1. The van der Waals surface area contributed by atoms with Gasteiger partial charge in [0.15, 0.2) is 5.52 Å². The number of benzene rings is 2. The van der Waals surface area contributed by atoms with Gasteiger partial charge in [0.25, 0.3) is 5.56 Å². The molecule has 0 spiro atoms. The van der Waals surface area contributed by atoms with Gasteiger partial charge in [-0.2, -0.15) is 5.10 Å². The van der Waals surface area contributed by atoms with E-state index in [1.807, 2.05) is 43.3 Å². The topological polar surface area (TPSA) is 99.2 Å². The summed E-state index contributed by atoms with van der Waals surface area (Å²) >= 11 is 0. The molecule has 1 N–H and O–H groups in total. The normalized spacial score (nSPS) is 12.0. The van der Waals surface area contributed by atoms with Crippen LogP contribution in [-0.2, 0) is 4.79 Å². The van der Waals surface area contributed by atoms with Gasteiger partial charge in [0.1, 0.15) is 23.2 Å². The average molecular weight is 418 g/mol. The first kappa shape index (κ1) is 20.3. The van der Waals surface area contributed by atoms with E-state index in [9.17, 15) is 9.59 Å². The SMILES string of the molecule is COc1ccc(-c2nn([C@H](C)C(=O)Nc3ccccc3C)c(=O)c3noc(C)c23)cc1. The number of carbonyl (C=O) groups excluding carboxylic acids is 1. The summed E-state index contributed by atoms with van der Waals surface area (Å²) in [5.41, 5.74) is 2.50. The first-order chi connectivity index (χ1) is 14.9. The summed E-state index contributed by atoms with van der Waals surface area (Å²) < 4.78 is 11.7. The summed E-state index contributed by atoms with van der Waals surface area (Å²) in [6.07, 6.45) is 0. The highest BCUT2D eigenvalue weighted by atomic mass is 16.5. The maximum Gasteiger partial charge on any atom is 0.297 e. The second-order valence-electron chi connectivity index (χ2n) is 7.27. The van der Waals surface area contributed by atoms with Crippen molar-refractivity contribution in [3.05, 3.63) is 70.2 Å². The van der Waals surface area contributed by atoms with Crippen LogP contribution in [-0.4, -0.2) is 28.0 Å². The second-order valence-corrected chi connectivity index (χ2v) is 7.27. The summed E-state index contributed by atoms with van der Waals surface area (Å²) in [5.74, 6) is 0.820. The Morgan fingerprint density at radius 2 is 1.84 bits per heavy atom. The summed E-state index contributed by atoms with van der Waals surface area (Å²) in [7, 11) is 1.59. The molecule has 0 aliphatic carbocycles. The van der Waals surface area contributed by atoms with Gasteiger partial charge in [-0.15, -0.1) is 0 Å². The minimum Gasteiger partial charge on any atom is -0.497 e. The molecule has 2 aromatic carbocycles. The molecule has 1 atom stereocenters. The number of nitrogens with one attached hydrogen (secondary N) is 1. The smallest absolute Gasteiger partial charge is 0.297 e. The summed E-state index contributed by atoms with van der Waals surface area (Å²) in [5, 5.41) is 11.9. The van der Waals surface area contributed by atoms with Crippen LogP contribution in [0.5, 0.6) is 5.75 Å². The first-order valence-electron chi connectivity index (χ1n) is 9.80. The van der Waals surface area contributed by atoms with E-state index >= 15 is 0 Å². The van der Waals surface area contributed by atoms with E-state index in [1.54, 1.807) is 33.1 Å². The Morgan fingerprint density at radius 3 is 2.52 bits per heavy atom. The zero-order chi connectivity index (χ0) is 22.1. The molecule has 8 heteroatoms. The van der Waals surface area contributed by atoms with E-state index in [0.29, 0.717) is 28.3 Å². The molecule has 158 valence electrons. The van der Waals surface area contributed by atoms with E-state index in [2.05, 4.69) is 15.6 Å². The molecular formula is C23H22N4O4. The molecule has 0 unspecified atom stereocenters. The maximum absolute atomic E-state index is 13.1. The minimum absolute atomic E-state index is 0.133. The average Bonchev–Trinajstić information content (AvgIpc) is 3.17. The summed E-state index contributed by atoms with van der Waals surface area (Å²) in [6, 6.07) is 13.8. The Bertz CT molecular complexity index is 1320. The highest BCUT2D eigenvalue weighted by Gasteiger charge is 2.24. The van der Waals surface area contributed by atoms with Gasteiger partial charge < -0.3 is 14.6 Å². The molecular weight excluding hydrogens is 396 g/mol. The van der Waals surface area contributed by atoms with Crippen LogP contribution in [0.2, 0.25) is 0 Å². The molecule has 0 saturated carbocycles. The fourth-order valence-corrected chi connectivity index (χ4v) is 3.38. The van der Waals surface area contributed by atoms with Crippen LogP contribution in [0.15, 0.2) is 57.8 Å². The van der Waals surface area contributed by atoms with Crippen molar-refractivity contribution >= 4 is 22.5 Å². The van der Waals surface area contributed by atoms with Crippen molar-refractivity contribution in [3.63, 3.8) is 0 Å². The van der Waals surface area contributed by atoms with E-state index in [-0.39, 0.29) is 11.4 Å². The predicted octanol–water partition coefficient (Wildman–Crippen LogP) is 3.88. The number of aromatic nitrogens is 3. The number of carbonyl (C=O) groups is 1. The third-order valence-electron chi connectivity index (χ3n) is 5.23. The zero-order valence-electron chi connectivity index (χ0n) is 17.7. The number of rotatable bonds is 5. The van der Waals surface area contributed by atoms with Gasteiger partial charge >= 0.3 is 0 Å². The third kappa shape index (κ3) is 3.68. The van der Waals surface area contributed by atoms with Gasteiger partial charge in [-0.1, -0.05) is 23.4 Å². The fraction of sp³-hybridized carbons (Fsp3) is 0.217. The quantitative estimate of drug-likeness (QED) is 0.528. The van der Waals surface area contributed by atoms with Crippen molar-refractivity contribution in [1.82, 2.24) is 14.9 Å². The van der Waals surface area contributed by atoms with Gasteiger partial charge in [-0.25, -0.2) is 4.68 Å². The van der Waals surface area contributed by atoms with E-state index < -0.39 is 11.6 Å². The van der Waals surface area contributed by atoms with Crippen LogP contribution < -0.4 is 15.6 Å². The van der Waals surface area contributed by atoms with Gasteiger partial charge in [0.2, 0.25) is 5.91 Å². The standard InChI is InChI=1S/C23H22N4O4/c1-13-7-5-6-8-18(13)24-22(28)14(2)27-23(29)21-19(15(3)31-26-21)20(25-27)16-9-11-17(30-4)12-10-16/h5-12,14H,1-4H3,(H,24,28)/t14-/m1/s1. The van der Waals surface area contributed by atoms with Crippen LogP contribution in [0, 0.1) is 13.8 Å². The van der Waals surface area contributed by atoms with Crippen LogP contribution >= 0.6 is 0 Å². The molecule has 8 nitrogen and oxygen atoms in total. The molecule has 2 heterocycles. The van der Waals surface area contributed by atoms with Crippen molar-refractivity contribution < 1.29 is 14.1 Å². The Labute approximate surface area is 178 Å². The van der Waals surface area contributed by atoms with Crippen molar-refractivity contribution in [3.8, 4) is 17.0 Å². The molecule has 0 radical (unpaired) electrons. The Hall–Kier alpha value is -3.94. The zero-order valence-corrected chi connectivity index (χ0v) is 17.7. The van der Waals surface area contributed by atoms with Gasteiger partial charge in [0, 0.05) is 11.3 Å². The van der Waals surface area contributed by atoms with Crippen molar-refractivity contribution in [2.24, 2.45) is 0 Å². The number of aryl methyl sites for hydroxylation is 2. The van der Waals surface area contributed by atoms with Crippen molar-refractivity contribution in [2.75, 3.05) is 12.4 Å². The maximum atomic E-state index is 13.1. The van der Waals surface area contributed by atoms with E-state index in [4.69, 9.17) is 9.26 Å². The van der Waals surface area contributed by atoms with Crippen LogP contribution in [0.25, 0.3) is 22.2 Å². The van der Waals surface area contributed by atoms with Crippen LogP contribution in [0.3, 0.4) is 0 Å². The molecule has 0 bridgehead atoms. The molecule has 1 amide bonds. The molecule has 0 aliphatic heterocycles. The number of amides is 1. The third-order valence-corrected chi connectivity index (χ3v) is 5.23. The van der Waals surface area contributed by atoms with E-state index in [0.717, 1.165) is 15.8 Å². The second kappa shape index (κ2) is 8.06. The Balaban J connectivity index is 1.80. The molecule has 4 aromatic rings. The fourth-order valence-electron chi connectivity index (χ4n) is 3.38. The molecule has 31 heavy (non-hydrogen) atoms. The Morgan fingerprint density at radius 1 is 1.13 bits per heavy atom. The highest BCUT2D eigenvalue weighted by molar-refractivity contribution is 5.95. The number of anilines is 1. The predicted molar refractivity (Wildman–Crippen MR) is 117 cm³/mol. The molecule has 0 fully saturated rings. The summed E-state index contributed by atoms with van der Waals surface area (Å²) in [4.78, 5) is 26.0. The lowest BCUT2D eigenvalue weighted by Crippen LogP contribution is -2.34. The molecule has 0 aliphatic rings. The van der Waals surface area contributed by atoms with E-state index in [1.165, 1.54) is 0 Å². The summed E-state index contributed by atoms with van der Waals surface area (Å²) in [6.45, 7) is 5.25. The number of ether oxygens (including phenoxy) is 1. The lowest BCUT2D eigenvalue weighted by atomic mass is 10.1. The van der Waals surface area contributed by atoms with Gasteiger partial charge in [-0.05, 0) is 56.7 Å². The van der Waals surface area contributed by atoms with Crippen molar-refractivity contribution in [1.29, 1.82) is 0 Å². The van der Waals surface area contributed by atoms with Gasteiger partial charge in [0.05, 0.1) is 12.5 Å². The largest absolute Gasteiger partial charge is 0.497 e. The minimum atomic E-state index is -0.870.